The minimum atomic E-state index is 0.483. The summed E-state index contributed by atoms with van der Waals surface area (Å²) in [6.07, 6.45) is 2.06. The molecule has 0 fully saturated rings. The van der Waals surface area contributed by atoms with Crippen molar-refractivity contribution in [3.05, 3.63) is 23.8 Å². The van der Waals surface area contributed by atoms with Gasteiger partial charge in [-0.25, -0.2) is 0 Å². The molecule has 2 N–H and O–H groups in total. The van der Waals surface area contributed by atoms with E-state index in [0.717, 1.165) is 29.2 Å². The summed E-state index contributed by atoms with van der Waals surface area (Å²) in [7, 11) is 0. The average Bonchev–Trinajstić information content (AvgIpc) is 2.34. The van der Waals surface area contributed by atoms with Gasteiger partial charge in [0, 0.05) is 29.2 Å². The molecule has 0 radical (unpaired) electrons. The summed E-state index contributed by atoms with van der Waals surface area (Å²) in [6.45, 7) is 8.59. The molecule has 1 aromatic carbocycles. The lowest BCUT2D eigenvalue weighted by Crippen LogP contribution is -2.29. The number of thiocarbonyl (C=S) groups is 1. The highest BCUT2D eigenvalue weighted by Gasteiger charge is 2.15. The molecule has 0 aromatic heterocycles. The quantitative estimate of drug-likeness (QED) is 0.638. The summed E-state index contributed by atoms with van der Waals surface area (Å²) >= 11 is 6.91. The summed E-state index contributed by atoms with van der Waals surface area (Å²) in [5.74, 6) is 0.613. The van der Waals surface area contributed by atoms with Crippen LogP contribution < -0.4 is 10.6 Å². The van der Waals surface area contributed by atoms with E-state index in [-0.39, 0.29) is 0 Å². The Bertz CT molecular complexity index is 416. The van der Waals surface area contributed by atoms with Crippen molar-refractivity contribution >= 4 is 34.7 Å². The fourth-order valence-electron chi connectivity index (χ4n) is 2.04. The first-order valence-corrected chi connectivity index (χ1v) is 7.86. The van der Waals surface area contributed by atoms with Crippen LogP contribution in [0.25, 0.3) is 0 Å². The topological polar surface area (TPSA) is 29.3 Å². The Morgan fingerprint density at radius 1 is 1.44 bits per heavy atom. The summed E-state index contributed by atoms with van der Waals surface area (Å²) in [6, 6.07) is 6.26. The number of thioether (sulfide) groups is 1. The van der Waals surface area contributed by atoms with Gasteiger partial charge in [0.25, 0.3) is 0 Å². The molecule has 0 heterocycles. The van der Waals surface area contributed by atoms with Gasteiger partial charge in [0.05, 0.1) is 0 Å². The first-order chi connectivity index (χ1) is 8.51. The van der Waals surface area contributed by atoms with E-state index in [1.54, 1.807) is 11.8 Å². The number of benzene rings is 1. The van der Waals surface area contributed by atoms with E-state index >= 15 is 0 Å². The maximum absolute atomic E-state index is 5.91. The van der Waals surface area contributed by atoms with Gasteiger partial charge in [-0.3, -0.25) is 0 Å². The smallest absolute Gasteiger partial charge is 0.107 e. The second-order valence-electron chi connectivity index (χ2n) is 4.65. The normalized spacial score (nSPS) is 10.7. The maximum Gasteiger partial charge on any atom is 0.107 e. The molecule has 0 aliphatic rings. The van der Waals surface area contributed by atoms with Crippen LogP contribution in [-0.2, 0) is 0 Å². The molecule has 1 aromatic rings. The summed E-state index contributed by atoms with van der Waals surface area (Å²) < 4.78 is 0. The predicted molar refractivity (Wildman–Crippen MR) is 86.8 cm³/mol. The Labute approximate surface area is 120 Å². The fourth-order valence-corrected chi connectivity index (χ4v) is 2.95. The number of rotatable bonds is 6. The van der Waals surface area contributed by atoms with Crippen molar-refractivity contribution in [2.75, 3.05) is 24.2 Å². The lowest BCUT2D eigenvalue weighted by molar-refractivity contribution is 0.618. The van der Waals surface area contributed by atoms with Crippen LogP contribution >= 0.6 is 24.0 Å². The molecule has 0 bridgehead atoms. The fraction of sp³-hybridized carbons (Fsp3) is 0.500. The second kappa shape index (κ2) is 7.00. The molecule has 18 heavy (non-hydrogen) atoms. The third kappa shape index (κ3) is 3.62. The predicted octanol–water partition coefficient (Wildman–Crippen LogP) is 3.53. The largest absolute Gasteiger partial charge is 0.389 e. The van der Waals surface area contributed by atoms with Crippen LogP contribution in [-0.4, -0.2) is 24.3 Å². The Morgan fingerprint density at radius 2 is 2.11 bits per heavy atom. The lowest BCUT2D eigenvalue weighted by Gasteiger charge is -2.28. The Kier molecular flexibility index (Phi) is 5.96. The van der Waals surface area contributed by atoms with E-state index in [0.29, 0.717) is 10.9 Å². The van der Waals surface area contributed by atoms with E-state index in [2.05, 4.69) is 50.1 Å². The molecular formula is C14H22N2S2. The molecule has 0 saturated heterocycles. The van der Waals surface area contributed by atoms with Crippen molar-refractivity contribution in [3.8, 4) is 0 Å². The van der Waals surface area contributed by atoms with Crippen LogP contribution in [0.3, 0.4) is 0 Å². The molecule has 0 aliphatic carbocycles. The Hall–Kier alpha value is -0.740. The summed E-state index contributed by atoms with van der Waals surface area (Å²) in [5.41, 5.74) is 8.08. The number of nitrogens with zero attached hydrogens (tertiary/aromatic N) is 1. The number of nitrogens with two attached hydrogens (primary N) is 1. The molecule has 100 valence electrons. The van der Waals surface area contributed by atoms with Gasteiger partial charge >= 0.3 is 0 Å². The van der Waals surface area contributed by atoms with Crippen molar-refractivity contribution in [1.82, 2.24) is 0 Å². The van der Waals surface area contributed by atoms with Gasteiger partial charge in [-0.05, 0) is 31.2 Å². The first kappa shape index (κ1) is 15.3. The highest BCUT2D eigenvalue weighted by atomic mass is 32.2. The van der Waals surface area contributed by atoms with Gasteiger partial charge in [-0.1, -0.05) is 32.1 Å². The monoisotopic (exact) mass is 282 g/mol. The maximum atomic E-state index is 5.91. The van der Waals surface area contributed by atoms with Crippen molar-refractivity contribution in [2.45, 2.75) is 25.7 Å². The standard InChI is InChI=1S/C14H22N2S2/c1-5-16(9-10(2)3)11-7-6-8-12(18-4)13(11)14(15)17/h6-8,10H,5,9H2,1-4H3,(H2,15,17). The van der Waals surface area contributed by atoms with Crippen LogP contribution in [0.2, 0.25) is 0 Å². The van der Waals surface area contributed by atoms with Crippen LogP contribution in [0.1, 0.15) is 26.3 Å². The minimum absolute atomic E-state index is 0.483. The van der Waals surface area contributed by atoms with E-state index in [9.17, 15) is 0 Å². The zero-order valence-corrected chi connectivity index (χ0v) is 13.2. The van der Waals surface area contributed by atoms with Gasteiger partial charge in [0.2, 0.25) is 0 Å². The highest BCUT2D eigenvalue weighted by molar-refractivity contribution is 7.98. The van der Waals surface area contributed by atoms with Crippen LogP contribution in [0.15, 0.2) is 23.1 Å². The molecule has 0 spiro atoms. The van der Waals surface area contributed by atoms with Crippen molar-refractivity contribution in [2.24, 2.45) is 11.7 Å². The van der Waals surface area contributed by atoms with E-state index in [1.807, 2.05) is 0 Å². The van der Waals surface area contributed by atoms with E-state index in [1.165, 1.54) is 0 Å². The minimum Gasteiger partial charge on any atom is -0.389 e. The lowest BCUT2D eigenvalue weighted by atomic mass is 10.1. The molecule has 0 saturated carbocycles. The molecule has 1 rings (SSSR count). The van der Waals surface area contributed by atoms with Crippen molar-refractivity contribution < 1.29 is 0 Å². The summed E-state index contributed by atoms with van der Waals surface area (Å²) in [5, 5.41) is 0. The summed E-state index contributed by atoms with van der Waals surface area (Å²) in [4.78, 5) is 3.98. The number of hydrogen-bond acceptors (Lipinski definition) is 3. The second-order valence-corrected chi connectivity index (χ2v) is 5.94. The highest BCUT2D eigenvalue weighted by Crippen LogP contribution is 2.30. The SMILES string of the molecule is CCN(CC(C)C)c1cccc(SC)c1C(N)=S. The van der Waals surface area contributed by atoms with Gasteiger partial charge in [0.15, 0.2) is 0 Å². The third-order valence-electron chi connectivity index (χ3n) is 2.78. The third-order valence-corrected chi connectivity index (χ3v) is 3.76. The molecule has 0 unspecified atom stereocenters. The molecule has 0 atom stereocenters. The van der Waals surface area contributed by atoms with Gasteiger partial charge < -0.3 is 10.6 Å². The van der Waals surface area contributed by atoms with Gasteiger partial charge in [0.1, 0.15) is 4.99 Å². The van der Waals surface area contributed by atoms with Gasteiger partial charge in [-0.15, -0.1) is 11.8 Å². The van der Waals surface area contributed by atoms with Crippen LogP contribution in [0, 0.1) is 5.92 Å². The molecular weight excluding hydrogens is 260 g/mol. The molecule has 0 amide bonds. The first-order valence-electron chi connectivity index (χ1n) is 6.23. The molecule has 4 heteroatoms. The number of anilines is 1. The number of hydrogen-bond donors (Lipinski definition) is 1. The molecule has 2 nitrogen and oxygen atoms in total. The van der Waals surface area contributed by atoms with Crippen LogP contribution in [0.4, 0.5) is 5.69 Å². The Balaban J connectivity index is 3.24. The zero-order valence-electron chi connectivity index (χ0n) is 11.6. The van der Waals surface area contributed by atoms with E-state index < -0.39 is 0 Å². The molecule has 0 aliphatic heterocycles. The van der Waals surface area contributed by atoms with Crippen molar-refractivity contribution in [1.29, 1.82) is 0 Å². The Morgan fingerprint density at radius 3 is 2.56 bits per heavy atom. The van der Waals surface area contributed by atoms with Crippen LogP contribution in [0.5, 0.6) is 0 Å². The van der Waals surface area contributed by atoms with Gasteiger partial charge in [-0.2, -0.15) is 0 Å². The van der Waals surface area contributed by atoms with E-state index in [4.69, 9.17) is 18.0 Å². The van der Waals surface area contributed by atoms with Crippen molar-refractivity contribution in [3.63, 3.8) is 0 Å². The average molecular weight is 282 g/mol. The zero-order chi connectivity index (χ0) is 13.7.